The second kappa shape index (κ2) is 7.53. The Morgan fingerprint density at radius 3 is 2.70 bits per heavy atom. The van der Waals surface area contributed by atoms with Crippen molar-refractivity contribution in [3.63, 3.8) is 0 Å². The van der Waals surface area contributed by atoms with Gasteiger partial charge in [0.25, 0.3) is 11.5 Å². The summed E-state index contributed by atoms with van der Waals surface area (Å²) in [6, 6.07) is 7.73. The Hall–Kier alpha value is -1.98. The van der Waals surface area contributed by atoms with E-state index in [1.807, 2.05) is 6.92 Å². The van der Waals surface area contributed by atoms with Crippen molar-refractivity contribution in [3.8, 4) is 5.75 Å². The van der Waals surface area contributed by atoms with Crippen LogP contribution in [-0.2, 0) is 11.3 Å². The Morgan fingerprint density at radius 2 is 2.04 bits per heavy atom. The topological polar surface area (TPSA) is 60.3 Å². The third kappa shape index (κ3) is 4.50. The lowest BCUT2D eigenvalue weighted by molar-refractivity contribution is -0.122. The van der Waals surface area contributed by atoms with E-state index in [1.54, 1.807) is 37.4 Å². The van der Waals surface area contributed by atoms with Crippen LogP contribution in [-0.4, -0.2) is 16.6 Å². The zero-order chi connectivity index (χ0) is 17.0. The number of aromatic nitrogens is 1. The average Bonchev–Trinajstić information content (AvgIpc) is 2.51. The second-order valence-electron chi connectivity index (χ2n) is 4.87. The Balaban J connectivity index is 2.06. The normalized spacial score (nSPS) is 11.8. The number of hydrogen-bond donors (Lipinski definition) is 1. The van der Waals surface area contributed by atoms with Gasteiger partial charge in [-0.25, -0.2) is 0 Å². The third-order valence-corrected chi connectivity index (χ3v) is 3.69. The number of pyridine rings is 1. The molecule has 0 bridgehead atoms. The van der Waals surface area contributed by atoms with Crippen molar-refractivity contribution in [1.29, 1.82) is 0 Å². The van der Waals surface area contributed by atoms with Crippen molar-refractivity contribution >= 4 is 34.8 Å². The Labute approximate surface area is 143 Å². The summed E-state index contributed by atoms with van der Waals surface area (Å²) in [5.74, 6) is 0.0227. The van der Waals surface area contributed by atoms with E-state index in [1.165, 1.54) is 10.6 Å². The number of ether oxygens (including phenoxy) is 1. The predicted octanol–water partition coefficient (Wildman–Crippen LogP) is 3.58. The van der Waals surface area contributed by atoms with Crippen molar-refractivity contribution in [2.24, 2.45) is 0 Å². The molecule has 2 rings (SSSR count). The fraction of sp³-hybridized carbons (Fsp3) is 0.250. The minimum atomic E-state index is -0.768. The quantitative estimate of drug-likeness (QED) is 0.892. The van der Waals surface area contributed by atoms with Gasteiger partial charge in [0, 0.05) is 23.8 Å². The van der Waals surface area contributed by atoms with Crippen molar-refractivity contribution in [3.05, 3.63) is 56.9 Å². The van der Waals surface area contributed by atoms with E-state index in [-0.39, 0.29) is 11.5 Å². The maximum atomic E-state index is 12.2. The van der Waals surface area contributed by atoms with Crippen LogP contribution in [0.25, 0.3) is 0 Å². The number of hydrogen-bond acceptors (Lipinski definition) is 3. The number of carbonyl (C=O) groups excluding carboxylic acids is 1. The second-order valence-corrected chi connectivity index (χ2v) is 5.71. The van der Waals surface area contributed by atoms with Crippen LogP contribution in [0.15, 0.2) is 41.3 Å². The molecule has 1 amide bonds. The number of aryl methyl sites for hydroxylation is 1. The fourth-order valence-corrected chi connectivity index (χ4v) is 2.36. The van der Waals surface area contributed by atoms with E-state index in [9.17, 15) is 9.59 Å². The third-order valence-electron chi connectivity index (χ3n) is 3.16. The molecular formula is C16H16Cl2N2O3. The maximum absolute atomic E-state index is 12.2. The highest BCUT2D eigenvalue weighted by Gasteiger charge is 2.16. The number of benzene rings is 1. The molecule has 1 N–H and O–H groups in total. The molecule has 1 heterocycles. The van der Waals surface area contributed by atoms with Crippen molar-refractivity contribution < 1.29 is 9.53 Å². The Morgan fingerprint density at radius 1 is 1.30 bits per heavy atom. The molecule has 0 radical (unpaired) electrons. The van der Waals surface area contributed by atoms with Crippen LogP contribution in [0, 0.1) is 0 Å². The predicted molar refractivity (Wildman–Crippen MR) is 91.6 cm³/mol. The molecule has 1 aromatic carbocycles. The molecule has 0 aliphatic heterocycles. The van der Waals surface area contributed by atoms with Crippen LogP contribution in [0.1, 0.15) is 13.8 Å². The smallest absolute Gasteiger partial charge is 0.265 e. The molecular weight excluding hydrogens is 339 g/mol. The minimum absolute atomic E-state index is 0.122. The monoisotopic (exact) mass is 354 g/mol. The highest BCUT2D eigenvalue weighted by atomic mass is 35.5. The summed E-state index contributed by atoms with van der Waals surface area (Å²) >= 11 is 11.8. The lowest BCUT2D eigenvalue weighted by atomic mass is 10.3. The van der Waals surface area contributed by atoms with Crippen LogP contribution in [0.2, 0.25) is 10.0 Å². The molecule has 5 nitrogen and oxygen atoms in total. The van der Waals surface area contributed by atoms with Gasteiger partial charge in [-0.15, -0.1) is 0 Å². The molecule has 1 unspecified atom stereocenters. The molecule has 122 valence electrons. The molecule has 0 saturated carbocycles. The van der Waals surface area contributed by atoms with Gasteiger partial charge in [0.05, 0.1) is 10.7 Å². The zero-order valence-electron chi connectivity index (χ0n) is 12.7. The number of nitrogens with one attached hydrogen (secondary N) is 1. The number of nitrogens with zero attached hydrogens (tertiary/aromatic N) is 1. The maximum Gasteiger partial charge on any atom is 0.265 e. The van der Waals surface area contributed by atoms with E-state index >= 15 is 0 Å². The molecule has 0 aliphatic carbocycles. The number of halogens is 2. The van der Waals surface area contributed by atoms with Gasteiger partial charge in [-0.1, -0.05) is 23.2 Å². The van der Waals surface area contributed by atoms with Gasteiger partial charge in [-0.2, -0.15) is 0 Å². The van der Waals surface area contributed by atoms with Crippen LogP contribution >= 0.6 is 23.2 Å². The lowest BCUT2D eigenvalue weighted by Gasteiger charge is -2.16. The van der Waals surface area contributed by atoms with E-state index < -0.39 is 6.10 Å². The summed E-state index contributed by atoms with van der Waals surface area (Å²) in [6.45, 7) is 3.98. The summed E-state index contributed by atoms with van der Waals surface area (Å²) in [6.07, 6.45) is 0.818. The zero-order valence-corrected chi connectivity index (χ0v) is 14.2. The van der Waals surface area contributed by atoms with Crippen molar-refractivity contribution in [2.75, 3.05) is 5.32 Å². The molecule has 0 aliphatic rings. The molecule has 0 spiro atoms. The van der Waals surface area contributed by atoms with Gasteiger partial charge in [0.15, 0.2) is 6.10 Å². The van der Waals surface area contributed by atoms with Gasteiger partial charge >= 0.3 is 0 Å². The Kier molecular flexibility index (Phi) is 5.69. The van der Waals surface area contributed by atoms with E-state index in [4.69, 9.17) is 27.9 Å². The molecule has 23 heavy (non-hydrogen) atoms. The first-order chi connectivity index (χ1) is 10.9. The van der Waals surface area contributed by atoms with Gasteiger partial charge < -0.3 is 14.6 Å². The molecule has 2 aromatic rings. The van der Waals surface area contributed by atoms with Crippen LogP contribution < -0.4 is 15.6 Å². The van der Waals surface area contributed by atoms with Gasteiger partial charge in [-0.3, -0.25) is 9.59 Å². The molecule has 1 aromatic heterocycles. The number of rotatable bonds is 5. The largest absolute Gasteiger partial charge is 0.479 e. The first kappa shape index (κ1) is 17.4. The van der Waals surface area contributed by atoms with Crippen molar-refractivity contribution in [2.45, 2.75) is 26.5 Å². The fourth-order valence-electron chi connectivity index (χ4n) is 1.91. The molecule has 1 atom stereocenters. The molecule has 0 saturated heterocycles. The summed E-state index contributed by atoms with van der Waals surface area (Å²) in [7, 11) is 0. The van der Waals surface area contributed by atoms with Crippen LogP contribution in [0.4, 0.5) is 5.69 Å². The van der Waals surface area contributed by atoms with E-state index in [0.717, 1.165) is 0 Å². The summed E-state index contributed by atoms with van der Waals surface area (Å²) < 4.78 is 7.04. The standard InChI is InChI=1S/C16H16Cl2N2O3/c1-3-20-9-12(5-7-15(20)21)19-16(22)10(2)23-14-6-4-11(17)8-13(14)18/h4-10H,3H2,1-2H3,(H,19,22). The highest BCUT2D eigenvalue weighted by molar-refractivity contribution is 6.35. The summed E-state index contributed by atoms with van der Waals surface area (Å²) in [5.41, 5.74) is 0.400. The first-order valence-corrected chi connectivity index (χ1v) is 7.79. The highest BCUT2D eigenvalue weighted by Crippen LogP contribution is 2.28. The van der Waals surface area contributed by atoms with Crippen molar-refractivity contribution in [1.82, 2.24) is 4.57 Å². The minimum Gasteiger partial charge on any atom is -0.479 e. The SMILES string of the molecule is CCn1cc(NC(=O)C(C)Oc2ccc(Cl)cc2Cl)ccc1=O. The van der Waals surface area contributed by atoms with Gasteiger partial charge in [0.1, 0.15) is 5.75 Å². The van der Waals surface area contributed by atoms with Crippen LogP contribution in [0.5, 0.6) is 5.75 Å². The Bertz CT molecular complexity index is 774. The van der Waals surface area contributed by atoms with Gasteiger partial charge in [0.2, 0.25) is 0 Å². The van der Waals surface area contributed by atoms with Gasteiger partial charge in [-0.05, 0) is 38.1 Å². The summed E-state index contributed by atoms with van der Waals surface area (Å²) in [5, 5.41) is 3.52. The number of amides is 1. The first-order valence-electron chi connectivity index (χ1n) is 7.03. The molecule has 0 fully saturated rings. The lowest BCUT2D eigenvalue weighted by Crippen LogP contribution is -2.31. The van der Waals surface area contributed by atoms with Crippen LogP contribution in [0.3, 0.4) is 0 Å². The average molecular weight is 355 g/mol. The number of anilines is 1. The van der Waals surface area contributed by atoms with E-state index in [0.29, 0.717) is 28.0 Å². The summed E-state index contributed by atoms with van der Waals surface area (Å²) in [4.78, 5) is 23.7. The number of carbonyl (C=O) groups is 1. The van der Waals surface area contributed by atoms with E-state index in [2.05, 4.69) is 5.32 Å². The molecule has 7 heteroatoms.